The van der Waals surface area contributed by atoms with E-state index in [9.17, 15) is 0 Å². The Balaban J connectivity index is 1.91. The van der Waals surface area contributed by atoms with Crippen LogP contribution in [0.2, 0.25) is 0 Å². The molecule has 24 heavy (non-hydrogen) atoms. The van der Waals surface area contributed by atoms with E-state index in [2.05, 4.69) is 47.9 Å². The van der Waals surface area contributed by atoms with Gasteiger partial charge in [-0.05, 0) is 43.3 Å². The third-order valence-electron chi connectivity index (χ3n) is 4.22. The lowest BCUT2D eigenvalue weighted by Crippen LogP contribution is -1.89. The summed E-state index contributed by atoms with van der Waals surface area (Å²) in [5, 5.41) is 0. The Bertz CT molecular complexity index is 983. The van der Waals surface area contributed by atoms with E-state index in [0.29, 0.717) is 0 Å². The Hall–Kier alpha value is -3.07. The van der Waals surface area contributed by atoms with Crippen LogP contribution in [0.4, 0.5) is 0 Å². The topological polar surface area (TPSA) is 26.5 Å². The van der Waals surface area contributed by atoms with E-state index in [4.69, 9.17) is 9.72 Å². The Morgan fingerprint density at radius 1 is 0.833 bits per heavy atom. The fourth-order valence-corrected chi connectivity index (χ4v) is 2.91. The van der Waals surface area contributed by atoms with Crippen LogP contribution in [0, 0.1) is 6.92 Å². The van der Waals surface area contributed by atoms with E-state index in [-0.39, 0.29) is 0 Å². The van der Waals surface area contributed by atoms with Gasteiger partial charge in [0, 0.05) is 17.3 Å². The Morgan fingerprint density at radius 2 is 1.54 bits per heavy atom. The first kappa shape index (κ1) is 14.5. The first-order chi connectivity index (χ1) is 11.8. The molecule has 0 aliphatic heterocycles. The van der Waals surface area contributed by atoms with Crippen molar-refractivity contribution in [2.75, 3.05) is 7.11 Å². The molecule has 2 aromatic carbocycles. The third kappa shape index (κ3) is 2.44. The number of fused-ring (bicyclic) bond motifs is 1. The average Bonchev–Trinajstić information content (AvgIpc) is 3.02. The number of pyridine rings is 1. The normalized spacial score (nSPS) is 10.9. The molecule has 0 saturated carbocycles. The molecule has 0 spiro atoms. The molecule has 0 radical (unpaired) electrons. The SMILES string of the molecule is COc1ccc(-c2nc(-c3ccc(C)cc3)c3ccccn23)cc1. The Kier molecular flexibility index (Phi) is 3.54. The zero-order chi connectivity index (χ0) is 16.5. The second-order valence-corrected chi connectivity index (χ2v) is 5.83. The summed E-state index contributed by atoms with van der Waals surface area (Å²) in [7, 11) is 1.68. The van der Waals surface area contributed by atoms with E-state index in [1.807, 2.05) is 36.4 Å². The maximum atomic E-state index is 5.25. The van der Waals surface area contributed by atoms with Gasteiger partial charge < -0.3 is 4.74 Å². The number of imidazole rings is 1. The van der Waals surface area contributed by atoms with Gasteiger partial charge in [-0.3, -0.25) is 4.40 Å². The molecule has 0 bridgehead atoms. The quantitative estimate of drug-likeness (QED) is 0.533. The fraction of sp³-hybridized carbons (Fsp3) is 0.0952. The summed E-state index contributed by atoms with van der Waals surface area (Å²) in [6, 6.07) is 22.7. The number of hydrogen-bond acceptors (Lipinski definition) is 2. The van der Waals surface area contributed by atoms with Crippen molar-refractivity contribution in [3.8, 4) is 28.4 Å². The summed E-state index contributed by atoms with van der Waals surface area (Å²) < 4.78 is 7.39. The highest BCUT2D eigenvalue weighted by Crippen LogP contribution is 2.30. The van der Waals surface area contributed by atoms with E-state index < -0.39 is 0 Å². The molecule has 4 rings (SSSR count). The first-order valence-electron chi connectivity index (χ1n) is 7.95. The van der Waals surface area contributed by atoms with Crippen LogP contribution in [-0.2, 0) is 0 Å². The molecule has 0 aliphatic carbocycles. The van der Waals surface area contributed by atoms with Crippen LogP contribution in [0.1, 0.15) is 5.56 Å². The van der Waals surface area contributed by atoms with Crippen LogP contribution in [0.5, 0.6) is 5.75 Å². The molecule has 3 heteroatoms. The minimum Gasteiger partial charge on any atom is -0.497 e. The molecule has 4 aromatic rings. The molecule has 2 aromatic heterocycles. The standard InChI is InChI=1S/C21H18N2O/c1-15-6-8-16(9-7-15)20-19-5-3-4-14-23(19)21(22-20)17-10-12-18(24-2)13-11-17/h3-14H,1-2H3. The van der Waals surface area contributed by atoms with Crippen LogP contribution in [0.25, 0.3) is 28.2 Å². The van der Waals surface area contributed by atoms with Crippen molar-refractivity contribution in [2.24, 2.45) is 0 Å². The van der Waals surface area contributed by atoms with Crippen molar-refractivity contribution in [3.05, 3.63) is 78.5 Å². The average molecular weight is 314 g/mol. The molecular formula is C21H18N2O. The van der Waals surface area contributed by atoms with Crippen molar-refractivity contribution in [1.82, 2.24) is 9.38 Å². The van der Waals surface area contributed by atoms with Crippen LogP contribution in [-0.4, -0.2) is 16.5 Å². The van der Waals surface area contributed by atoms with Gasteiger partial charge in [-0.25, -0.2) is 4.98 Å². The van der Waals surface area contributed by atoms with Crippen molar-refractivity contribution in [3.63, 3.8) is 0 Å². The molecule has 0 amide bonds. The van der Waals surface area contributed by atoms with Gasteiger partial charge in [-0.15, -0.1) is 0 Å². The zero-order valence-corrected chi connectivity index (χ0v) is 13.7. The molecule has 0 N–H and O–H groups in total. The van der Waals surface area contributed by atoms with Crippen LogP contribution in [0.15, 0.2) is 72.9 Å². The summed E-state index contributed by atoms with van der Waals surface area (Å²) in [5.41, 5.74) is 5.55. The van der Waals surface area contributed by atoms with Gasteiger partial charge in [-0.2, -0.15) is 0 Å². The number of rotatable bonds is 3. The smallest absolute Gasteiger partial charge is 0.145 e. The maximum Gasteiger partial charge on any atom is 0.145 e. The number of aryl methyl sites for hydroxylation is 1. The van der Waals surface area contributed by atoms with E-state index >= 15 is 0 Å². The lowest BCUT2D eigenvalue weighted by molar-refractivity contribution is 0.415. The third-order valence-corrected chi connectivity index (χ3v) is 4.22. The molecule has 0 fully saturated rings. The predicted molar refractivity (Wildman–Crippen MR) is 97.4 cm³/mol. The second kappa shape index (κ2) is 5.85. The van der Waals surface area contributed by atoms with Crippen LogP contribution in [0.3, 0.4) is 0 Å². The second-order valence-electron chi connectivity index (χ2n) is 5.83. The van der Waals surface area contributed by atoms with Gasteiger partial charge in [0.05, 0.1) is 18.3 Å². The summed E-state index contributed by atoms with van der Waals surface area (Å²) in [6.45, 7) is 2.10. The summed E-state index contributed by atoms with van der Waals surface area (Å²) in [5.74, 6) is 1.78. The lowest BCUT2D eigenvalue weighted by atomic mass is 10.1. The minimum atomic E-state index is 0.846. The van der Waals surface area contributed by atoms with E-state index in [1.54, 1.807) is 7.11 Å². The highest BCUT2D eigenvalue weighted by atomic mass is 16.5. The number of methoxy groups -OCH3 is 1. The van der Waals surface area contributed by atoms with Crippen molar-refractivity contribution >= 4 is 5.52 Å². The van der Waals surface area contributed by atoms with Gasteiger partial charge in [0.2, 0.25) is 0 Å². The molecule has 0 unspecified atom stereocenters. The Labute approximate surface area is 141 Å². The molecular weight excluding hydrogens is 296 g/mol. The van der Waals surface area contributed by atoms with Gasteiger partial charge in [-0.1, -0.05) is 35.9 Å². The zero-order valence-electron chi connectivity index (χ0n) is 13.7. The fourth-order valence-electron chi connectivity index (χ4n) is 2.91. The van der Waals surface area contributed by atoms with Gasteiger partial charge in [0.1, 0.15) is 11.6 Å². The predicted octanol–water partition coefficient (Wildman–Crippen LogP) is 4.99. The first-order valence-corrected chi connectivity index (χ1v) is 7.95. The Morgan fingerprint density at radius 3 is 2.25 bits per heavy atom. The molecule has 3 nitrogen and oxygen atoms in total. The van der Waals surface area contributed by atoms with E-state index in [1.165, 1.54) is 5.56 Å². The molecule has 0 saturated heterocycles. The number of ether oxygens (including phenoxy) is 1. The largest absolute Gasteiger partial charge is 0.497 e. The molecule has 2 heterocycles. The summed E-state index contributed by atoms with van der Waals surface area (Å²) >= 11 is 0. The highest BCUT2D eigenvalue weighted by molar-refractivity contribution is 5.81. The molecule has 118 valence electrons. The van der Waals surface area contributed by atoms with Gasteiger partial charge in [0.15, 0.2) is 0 Å². The molecule has 0 aliphatic rings. The summed E-state index contributed by atoms with van der Waals surface area (Å²) in [6.07, 6.45) is 2.06. The van der Waals surface area contributed by atoms with Crippen molar-refractivity contribution in [1.29, 1.82) is 0 Å². The minimum absolute atomic E-state index is 0.846. The highest BCUT2D eigenvalue weighted by Gasteiger charge is 2.13. The number of benzene rings is 2. The molecule has 0 atom stereocenters. The number of nitrogens with zero attached hydrogens (tertiary/aromatic N) is 2. The van der Waals surface area contributed by atoms with Gasteiger partial charge in [0.25, 0.3) is 0 Å². The monoisotopic (exact) mass is 314 g/mol. The van der Waals surface area contributed by atoms with E-state index in [0.717, 1.165) is 33.9 Å². The van der Waals surface area contributed by atoms with Crippen LogP contribution >= 0.6 is 0 Å². The van der Waals surface area contributed by atoms with Crippen molar-refractivity contribution < 1.29 is 4.74 Å². The summed E-state index contributed by atoms with van der Waals surface area (Å²) in [4.78, 5) is 4.94. The number of hydrogen-bond donors (Lipinski definition) is 0. The van der Waals surface area contributed by atoms with Crippen LogP contribution < -0.4 is 4.74 Å². The lowest BCUT2D eigenvalue weighted by Gasteiger charge is -2.03. The van der Waals surface area contributed by atoms with Gasteiger partial charge >= 0.3 is 0 Å². The van der Waals surface area contributed by atoms with Crippen molar-refractivity contribution in [2.45, 2.75) is 6.92 Å². The maximum absolute atomic E-state index is 5.25. The number of aromatic nitrogens is 2.